The summed E-state index contributed by atoms with van der Waals surface area (Å²) in [6, 6.07) is 8.49. The third-order valence-corrected chi connectivity index (χ3v) is 4.54. The number of anilines is 1. The van der Waals surface area contributed by atoms with Gasteiger partial charge in [0, 0.05) is 38.2 Å². The van der Waals surface area contributed by atoms with E-state index in [-0.39, 0.29) is 11.8 Å². The fourth-order valence-corrected chi connectivity index (χ4v) is 3.03. The minimum atomic E-state index is 0.0341. The van der Waals surface area contributed by atoms with Crippen molar-refractivity contribution in [1.29, 1.82) is 0 Å². The van der Waals surface area contributed by atoms with Crippen LogP contribution in [0.25, 0.3) is 11.4 Å². The molecule has 2 heterocycles. The van der Waals surface area contributed by atoms with Gasteiger partial charge in [0.1, 0.15) is 0 Å². The third kappa shape index (κ3) is 4.17. The lowest BCUT2D eigenvalue weighted by Crippen LogP contribution is -2.41. The van der Waals surface area contributed by atoms with E-state index in [1.807, 2.05) is 36.1 Å². The van der Waals surface area contributed by atoms with Crippen LogP contribution in [0.5, 0.6) is 0 Å². The largest absolute Gasteiger partial charge is 0.383 e. The lowest BCUT2D eigenvalue weighted by Gasteiger charge is -2.29. The van der Waals surface area contributed by atoms with Crippen molar-refractivity contribution >= 4 is 11.9 Å². The number of methoxy groups -OCH3 is 1. The number of carbonyl (C=O) groups is 1. The Hall–Kier alpha value is -2.41. The van der Waals surface area contributed by atoms with Crippen LogP contribution in [0, 0.1) is 12.8 Å². The predicted octanol–water partition coefficient (Wildman–Crippen LogP) is 2.02. The van der Waals surface area contributed by atoms with Crippen LogP contribution in [0.2, 0.25) is 0 Å². The first kappa shape index (κ1) is 17.4. The Balaban J connectivity index is 1.57. The first-order chi connectivity index (χ1) is 12.2. The molecule has 1 saturated heterocycles. The Kier molecular flexibility index (Phi) is 5.65. The van der Waals surface area contributed by atoms with Gasteiger partial charge in [-0.15, -0.1) is 0 Å². The zero-order valence-corrected chi connectivity index (χ0v) is 14.7. The molecule has 1 fully saturated rings. The zero-order chi connectivity index (χ0) is 17.6. The van der Waals surface area contributed by atoms with Gasteiger partial charge in [0.15, 0.2) is 0 Å². The molecule has 25 heavy (non-hydrogen) atoms. The molecule has 1 amide bonds. The molecular weight excluding hydrogens is 320 g/mol. The highest BCUT2D eigenvalue weighted by Crippen LogP contribution is 2.26. The quantitative estimate of drug-likeness (QED) is 0.808. The molecule has 1 aromatic heterocycles. The minimum Gasteiger partial charge on any atom is -0.383 e. The molecule has 0 atom stereocenters. The molecule has 7 nitrogen and oxygen atoms in total. The second-order valence-corrected chi connectivity index (χ2v) is 6.26. The number of hydrogen-bond acceptors (Lipinski definition) is 6. The first-order valence-corrected chi connectivity index (χ1v) is 8.60. The van der Waals surface area contributed by atoms with Gasteiger partial charge in [-0.3, -0.25) is 4.79 Å². The van der Waals surface area contributed by atoms with Crippen LogP contribution >= 0.6 is 0 Å². The monoisotopic (exact) mass is 344 g/mol. The maximum absolute atomic E-state index is 12.1. The molecule has 1 aromatic carbocycles. The molecule has 134 valence electrons. The van der Waals surface area contributed by atoms with E-state index in [9.17, 15) is 4.79 Å². The number of ether oxygens (including phenoxy) is 1. The number of aryl methyl sites for hydroxylation is 1. The molecule has 0 bridgehead atoms. The van der Waals surface area contributed by atoms with Crippen molar-refractivity contribution < 1.29 is 14.1 Å². The smallest absolute Gasteiger partial charge is 0.324 e. The lowest BCUT2D eigenvalue weighted by molar-refractivity contribution is -0.125. The maximum atomic E-state index is 12.1. The van der Waals surface area contributed by atoms with Crippen molar-refractivity contribution in [2.75, 3.05) is 38.3 Å². The second-order valence-electron chi connectivity index (χ2n) is 6.26. The number of carbonyl (C=O) groups excluding carboxylic acids is 1. The Bertz CT molecular complexity index is 708. The molecule has 0 radical (unpaired) electrons. The molecular formula is C18H24N4O3. The molecule has 7 heteroatoms. The highest BCUT2D eigenvalue weighted by Gasteiger charge is 2.27. The predicted molar refractivity (Wildman–Crippen MR) is 94.3 cm³/mol. The van der Waals surface area contributed by atoms with Gasteiger partial charge in [0.05, 0.1) is 6.61 Å². The van der Waals surface area contributed by atoms with Gasteiger partial charge in [0.2, 0.25) is 11.7 Å². The van der Waals surface area contributed by atoms with Gasteiger partial charge in [-0.2, -0.15) is 4.98 Å². The SMILES string of the molecule is COCCNC(=O)C1CCN(c2nc(-c3ccccc3C)no2)CC1. The molecule has 1 aliphatic rings. The second kappa shape index (κ2) is 8.11. The van der Waals surface area contributed by atoms with E-state index in [2.05, 4.69) is 15.5 Å². The van der Waals surface area contributed by atoms with Crippen molar-refractivity contribution in [3.05, 3.63) is 29.8 Å². The lowest BCUT2D eigenvalue weighted by atomic mass is 9.96. The minimum absolute atomic E-state index is 0.0341. The zero-order valence-electron chi connectivity index (χ0n) is 14.7. The van der Waals surface area contributed by atoms with E-state index in [4.69, 9.17) is 9.26 Å². The molecule has 2 aromatic rings. The number of aromatic nitrogens is 2. The van der Waals surface area contributed by atoms with Crippen molar-refractivity contribution in [3.8, 4) is 11.4 Å². The Labute approximate surface area is 147 Å². The summed E-state index contributed by atoms with van der Waals surface area (Å²) < 4.78 is 10.4. The number of amides is 1. The molecule has 3 rings (SSSR count). The summed E-state index contributed by atoms with van der Waals surface area (Å²) in [6.07, 6.45) is 1.56. The average Bonchev–Trinajstić information content (AvgIpc) is 3.12. The fourth-order valence-electron chi connectivity index (χ4n) is 3.03. The summed E-state index contributed by atoms with van der Waals surface area (Å²) in [5.41, 5.74) is 2.09. The van der Waals surface area contributed by atoms with Crippen LogP contribution in [0.15, 0.2) is 28.8 Å². The van der Waals surface area contributed by atoms with Gasteiger partial charge in [-0.25, -0.2) is 0 Å². The Morgan fingerprint density at radius 3 is 2.84 bits per heavy atom. The van der Waals surface area contributed by atoms with E-state index < -0.39 is 0 Å². The molecule has 0 unspecified atom stereocenters. The van der Waals surface area contributed by atoms with Crippen LogP contribution in [-0.4, -0.2) is 49.4 Å². The molecule has 1 N–H and O–H groups in total. The summed E-state index contributed by atoms with van der Waals surface area (Å²) in [5.74, 6) is 0.738. The summed E-state index contributed by atoms with van der Waals surface area (Å²) in [4.78, 5) is 18.7. The van der Waals surface area contributed by atoms with Crippen LogP contribution in [0.1, 0.15) is 18.4 Å². The van der Waals surface area contributed by atoms with Gasteiger partial charge < -0.3 is 19.5 Å². The normalized spacial score (nSPS) is 15.4. The van der Waals surface area contributed by atoms with Crippen LogP contribution in [-0.2, 0) is 9.53 Å². The van der Waals surface area contributed by atoms with Crippen molar-refractivity contribution in [2.45, 2.75) is 19.8 Å². The first-order valence-electron chi connectivity index (χ1n) is 8.60. The number of hydrogen-bond donors (Lipinski definition) is 1. The molecule has 0 spiro atoms. The van der Waals surface area contributed by atoms with Gasteiger partial charge >= 0.3 is 6.01 Å². The van der Waals surface area contributed by atoms with Crippen LogP contribution < -0.4 is 10.2 Å². The number of piperidine rings is 1. The molecule has 1 aliphatic heterocycles. The standard InChI is InChI=1S/C18H24N4O3/c1-13-5-3-4-6-15(13)16-20-18(25-21-16)22-10-7-14(8-11-22)17(23)19-9-12-24-2/h3-6,14H,7-12H2,1-2H3,(H,19,23). The number of nitrogens with one attached hydrogen (secondary N) is 1. The summed E-state index contributed by atoms with van der Waals surface area (Å²) in [6.45, 7) is 4.59. The van der Waals surface area contributed by atoms with E-state index in [0.717, 1.165) is 37.1 Å². The summed E-state index contributed by atoms with van der Waals surface area (Å²) in [5, 5.41) is 7.01. The number of benzene rings is 1. The van der Waals surface area contributed by atoms with E-state index in [1.165, 1.54) is 0 Å². The summed E-state index contributed by atoms with van der Waals surface area (Å²) >= 11 is 0. The van der Waals surface area contributed by atoms with E-state index >= 15 is 0 Å². The fraction of sp³-hybridized carbons (Fsp3) is 0.500. The average molecular weight is 344 g/mol. The topological polar surface area (TPSA) is 80.5 Å². The van der Waals surface area contributed by atoms with E-state index in [1.54, 1.807) is 7.11 Å². The summed E-state index contributed by atoms with van der Waals surface area (Å²) in [7, 11) is 1.63. The van der Waals surface area contributed by atoms with Crippen LogP contribution in [0.3, 0.4) is 0 Å². The third-order valence-electron chi connectivity index (χ3n) is 4.54. The van der Waals surface area contributed by atoms with Gasteiger partial charge in [-0.1, -0.05) is 29.4 Å². The maximum Gasteiger partial charge on any atom is 0.324 e. The van der Waals surface area contributed by atoms with Gasteiger partial charge in [-0.05, 0) is 25.3 Å². The highest BCUT2D eigenvalue weighted by molar-refractivity contribution is 5.78. The van der Waals surface area contributed by atoms with Crippen LogP contribution in [0.4, 0.5) is 6.01 Å². The van der Waals surface area contributed by atoms with Crippen molar-refractivity contribution in [3.63, 3.8) is 0 Å². The highest BCUT2D eigenvalue weighted by atomic mass is 16.5. The van der Waals surface area contributed by atoms with E-state index in [0.29, 0.717) is 25.0 Å². The number of rotatable bonds is 6. The van der Waals surface area contributed by atoms with Gasteiger partial charge in [0.25, 0.3) is 0 Å². The Morgan fingerprint density at radius 2 is 2.12 bits per heavy atom. The molecule has 0 saturated carbocycles. The number of nitrogens with zero attached hydrogens (tertiary/aromatic N) is 3. The van der Waals surface area contributed by atoms with Crippen molar-refractivity contribution in [2.24, 2.45) is 5.92 Å². The molecule has 0 aliphatic carbocycles. The Morgan fingerprint density at radius 1 is 1.36 bits per heavy atom. The van der Waals surface area contributed by atoms with Crippen molar-refractivity contribution in [1.82, 2.24) is 15.5 Å².